The van der Waals surface area contributed by atoms with Gasteiger partial charge in [-0.3, -0.25) is 4.79 Å². The second-order valence-corrected chi connectivity index (χ2v) is 7.18. The van der Waals surface area contributed by atoms with Crippen LogP contribution in [-0.4, -0.2) is 38.0 Å². The lowest BCUT2D eigenvalue weighted by molar-refractivity contribution is -0.121. The van der Waals surface area contributed by atoms with Gasteiger partial charge in [0.15, 0.2) is 11.5 Å². The quantitative estimate of drug-likeness (QED) is 0.332. The van der Waals surface area contributed by atoms with E-state index in [0.29, 0.717) is 35.8 Å². The van der Waals surface area contributed by atoms with E-state index < -0.39 is 0 Å². The Kier molecular flexibility index (Phi) is 6.26. The molecule has 4 rings (SSSR count). The summed E-state index contributed by atoms with van der Waals surface area (Å²) in [6, 6.07) is 19.9. The van der Waals surface area contributed by atoms with Crippen LogP contribution < -0.4 is 19.6 Å². The molecule has 164 valence electrons. The van der Waals surface area contributed by atoms with Gasteiger partial charge in [-0.15, -0.1) is 0 Å². The van der Waals surface area contributed by atoms with Crippen molar-refractivity contribution < 1.29 is 19.0 Å². The van der Waals surface area contributed by atoms with Crippen LogP contribution in [0, 0.1) is 0 Å². The van der Waals surface area contributed by atoms with Gasteiger partial charge in [0, 0.05) is 46.4 Å². The van der Waals surface area contributed by atoms with E-state index in [1.165, 1.54) is 17.0 Å². The van der Waals surface area contributed by atoms with Gasteiger partial charge in [0.1, 0.15) is 5.75 Å². The van der Waals surface area contributed by atoms with E-state index in [1.54, 1.807) is 33.5 Å². The number of ether oxygens (including phenoxy) is 3. The molecule has 0 aliphatic rings. The minimum atomic E-state index is -0.178. The predicted octanol–water partition coefficient (Wildman–Crippen LogP) is 4.36. The van der Waals surface area contributed by atoms with Crippen molar-refractivity contribution in [2.45, 2.75) is 13.0 Å². The third-order valence-corrected chi connectivity index (χ3v) is 5.37. The average Bonchev–Trinajstić information content (AvgIpc) is 3.16. The SMILES string of the molecule is COc1cc(OC)c(OC)cc1/C=N\NC(=O)CCn1c2ccccc2c2ccccc21. The highest BCUT2D eigenvalue weighted by atomic mass is 16.5. The highest BCUT2D eigenvalue weighted by Gasteiger charge is 2.12. The Hall–Kier alpha value is -4.00. The van der Waals surface area contributed by atoms with E-state index in [9.17, 15) is 4.79 Å². The van der Waals surface area contributed by atoms with Crippen molar-refractivity contribution >= 4 is 33.9 Å². The van der Waals surface area contributed by atoms with Crippen molar-refractivity contribution in [1.82, 2.24) is 9.99 Å². The number of carbonyl (C=O) groups excluding carboxylic acids is 1. The number of rotatable bonds is 8. The molecule has 0 saturated carbocycles. The zero-order valence-corrected chi connectivity index (χ0v) is 18.3. The predicted molar refractivity (Wildman–Crippen MR) is 126 cm³/mol. The van der Waals surface area contributed by atoms with Crippen LogP contribution in [0.2, 0.25) is 0 Å². The van der Waals surface area contributed by atoms with Crippen molar-refractivity contribution in [2.24, 2.45) is 5.10 Å². The van der Waals surface area contributed by atoms with Crippen molar-refractivity contribution in [3.8, 4) is 17.2 Å². The minimum absolute atomic E-state index is 0.178. The van der Waals surface area contributed by atoms with Crippen LogP contribution in [-0.2, 0) is 11.3 Å². The Balaban J connectivity index is 1.47. The zero-order chi connectivity index (χ0) is 22.5. The van der Waals surface area contributed by atoms with Crippen LogP contribution in [0.4, 0.5) is 0 Å². The van der Waals surface area contributed by atoms with Gasteiger partial charge < -0.3 is 18.8 Å². The van der Waals surface area contributed by atoms with E-state index in [4.69, 9.17) is 14.2 Å². The summed E-state index contributed by atoms with van der Waals surface area (Å²) in [5, 5.41) is 6.46. The number of carbonyl (C=O) groups is 1. The van der Waals surface area contributed by atoms with Gasteiger partial charge in [0.2, 0.25) is 5.91 Å². The minimum Gasteiger partial charge on any atom is -0.496 e. The number of hydrogen-bond acceptors (Lipinski definition) is 5. The molecule has 0 aliphatic carbocycles. The second-order valence-electron chi connectivity index (χ2n) is 7.18. The van der Waals surface area contributed by atoms with Crippen LogP contribution in [0.15, 0.2) is 65.8 Å². The Morgan fingerprint density at radius 3 is 2.03 bits per heavy atom. The first-order valence-electron chi connectivity index (χ1n) is 10.2. The number of nitrogens with one attached hydrogen (secondary N) is 1. The number of aromatic nitrogens is 1. The van der Waals surface area contributed by atoms with Crippen molar-refractivity contribution in [3.63, 3.8) is 0 Å². The summed E-state index contributed by atoms with van der Waals surface area (Å²) in [4.78, 5) is 12.5. The van der Waals surface area contributed by atoms with Gasteiger partial charge in [-0.1, -0.05) is 36.4 Å². The molecule has 7 nitrogen and oxygen atoms in total. The molecule has 1 amide bonds. The molecule has 0 unspecified atom stereocenters. The molecule has 0 atom stereocenters. The van der Waals surface area contributed by atoms with Crippen LogP contribution in [0.3, 0.4) is 0 Å². The summed E-state index contributed by atoms with van der Waals surface area (Å²) < 4.78 is 18.2. The van der Waals surface area contributed by atoms with Gasteiger partial charge in [-0.25, -0.2) is 5.43 Å². The molecule has 0 saturated heterocycles. The summed E-state index contributed by atoms with van der Waals surface area (Å²) in [5.41, 5.74) is 5.48. The number of para-hydroxylation sites is 2. The van der Waals surface area contributed by atoms with Crippen molar-refractivity contribution in [2.75, 3.05) is 21.3 Å². The number of aryl methyl sites for hydroxylation is 1. The van der Waals surface area contributed by atoms with Gasteiger partial charge in [0.05, 0.1) is 27.5 Å². The molecule has 1 heterocycles. The summed E-state index contributed by atoms with van der Waals surface area (Å²) in [7, 11) is 4.67. The molecule has 0 aliphatic heterocycles. The summed E-state index contributed by atoms with van der Waals surface area (Å²) in [5.74, 6) is 1.48. The van der Waals surface area contributed by atoms with Crippen LogP contribution in [0.25, 0.3) is 21.8 Å². The molecule has 0 spiro atoms. The molecule has 0 radical (unpaired) electrons. The summed E-state index contributed by atoms with van der Waals surface area (Å²) >= 11 is 0. The second kappa shape index (κ2) is 9.43. The average molecular weight is 431 g/mol. The van der Waals surface area contributed by atoms with E-state index in [1.807, 2.05) is 24.3 Å². The zero-order valence-electron chi connectivity index (χ0n) is 18.3. The fraction of sp³-hybridized carbons (Fsp3) is 0.200. The molecule has 3 aromatic carbocycles. The lowest BCUT2D eigenvalue weighted by Gasteiger charge is -2.11. The van der Waals surface area contributed by atoms with Crippen molar-refractivity contribution in [3.05, 3.63) is 66.2 Å². The number of benzene rings is 3. The highest BCUT2D eigenvalue weighted by Crippen LogP contribution is 2.33. The topological polar surface area (TPSA) is 74.1 Å². The number of nitrogens with zero attached hydrogens (tertiary/aromatic N) is 2. The Morgan fingerprint density at radius 2 is 1.44 bits per heavy atom. The lowest BCUT2D eigenvalue weighted by atomic mass is 10.2. The molecular weight excluding hydrogens is 406 g/mol. The fourth-order valence-electron chi connectivity index (χ4n) is 3.84. The normalized spacial score (nSPS) is 11.2. The van der Waals surface area contributed by atoms with E-state index >= 15 is 0 Å². The number of methoxy groups -OCH3 is 3. The maximum absolute atomic E-state index is 12.5. The maximum Gasteiger partial charge on any atom is 0.241 e. The van der Waals surface area contributed by atoms with Gasteiger partial charge in [0.25, 0.3) is 0 Å². The van der Waals surface area contributed by atoms with Crippen LogP contribution in [0.1, 0.15) is 12.0 Å². The molecule has 7 heteroatoms. The number of amides is 1. The van der Waals surface area contributed by atoms with Gasteiger partial charge in [-0.2, -0.15) is 5.10 Å². The smallest absolute Gasteiger partial charge is 0.241 e. The molecule has 1 aromatic heterocycles. The van der Waals surface area contributed by atoms with Gasteiger partial charge >= 0.3 is 0 Å². The first-order chi connectivity index (χ1) is 15.7. The Morgan fingerprint density at radius 1 is 0.875 bits per heavy atom. The summed E-state index contributed by atoms with van der Waals surface area (Å²) in [6.07, 6.45) is 1.82. The largest absolute Gasteiger partial charge is 0.496 e. The fourth-order valence-corrected chi connectivity index (χ4v) is 3.84. The first kappa shape index (κ1) is 21.2. The maximum atomic E-state index is 12.5. The molecule has 1 N–H and O–H groups in total. The van der Waals surface area contributed by atoms with Crippen molar-refractivity contribution in [1.29, 1.82) is 0 Å². The number of hydrazone groups is 1. The molecule has 4 aromatic rings. The van der Waals surface area contributed by atoms with Crippen LogP contribution in [0.5, 0.6) is 17.2 Å². The highest BCUT2D eigenvalue weighted by molar-refractivity contribution is 6.08. The molecule has 0 fully saturated rings. The standard InChI is InChI=1S/C25H25N3O4/c1-30-22-15-24(32-3)23(31-2)14-17(22)16-26-27-25(29)12-13-28-20-10-6-4-8-18(20)19-9-5-7-11-21(19)28/h4-11,14-16H,12-13H2,1-3H3,(H,27,29)/b26-16-. The molecule has 32 heavy (non-hydrogen) atoms. The number of hydrogen-bond donors (Lipinski definition) is 1. The molecular formula is C25H25N3O4. The molecule has 0 bridgehead atoms. The lowest BCUT2D eigenvalue weighted by Crippen LogP contribution is -2.19. The van der Waals surface area contributed by atoms with E-state index in [0.717, 1.165) is 11.0 Å². The van der Waals surface area contributed by atoms with Gasteiger partial charge in [-0.05, 0) is 18.2 Å². The third-order valence-electron chi connectivity index (χ3n) is 5.37. The summed E-state index contributed by atoms with van der Waals surface area (Å²) in [6.45, 7) is 0.551. The Labute approximate surface area is 186 Å². The Bertz CT molecular complexity index is 1240. The first-order valence-corrected chi connectivity index (χ1v) is 10.2. The number of fused-ring (bicyclic) bond motifs is 3. The van der Waals surface area contributed by atoms with E-state index in [-0.39, 0.29) is 5.91 Å². The van der Waals surface area contributed by atoms with Crippen LogP contribution >= 0.6 is 0 Å². The third kappa shape index (κ3) is 4.09. The van der Waals surface area contributed by atoms with E-state index in [2.05, 4.69) is 39.4 Å². The monoisotopic (exact) mass is 431 g/mol.